The van der Waals surface area contributed by atoms with Gasteiger partial charge in [0, 0.05) is 5.69 Å². The van der Waals surface area contributed by atoms with Gasteiger partial charge in [0.15, 0.2) is 0 Å². The molecule has 31 heavy (non-hydrogen) atoms. The van der Waals surface area contributed by atoms with Crippen LogP contribution in [0.15, 0.2) is 35.0 Å². The fraction of sp³-hybridized carbons (Fsp3) is 0.478. The Morgan fingerprint density at radius 3 is 2.06 bits per heavy atom. The van der Waals surface area contributed by atoms with Crippen LogP contribution in [-0.4, -0.2) is 49.9 Å². The molecule has 0 saturated carbocycles. The second-order valence-corrected chi connectivity index (χ2v) is 7.11. The quantitative estimate of drug-likeness (QED) is 0.285. The molecule has 0 aromatic heterocycles. The van der Waals surface area contributed by atoms with Gasteiger partial charge in [-0.05, 0) is 43.0 Å². The fourth-order valence-electron chi connectivity index (χ4n) is 2.89. The van der Waals surface area contributed by atoms with E-state index in [-0.39, 0.29) is 13.1 Å². The number of esters is 2. The lowest BCUT2D eigenvalue weighted by atomic mass is 10.0. The average Bonchev–Trinajstić information content (AvgIpc) is 3.10. The molecule has 1 heterocycles. The van der Waals surface area contributed by atoms with E-state index in [4.69, 9.17) is 14.3 Å². The monoisotopic (exact) mass is 430 g/mol. The summed E-state index contributed by atoms with van der Waals surface area (Å²) >= 11 is 0. The number of ether oxygens (including phenoxy) is 2. The molecule has 1 aromatic rings. The van der Waals surface area contributed by atoms with Crippen molar-refractivity contribution in [3.8, 4) is 0 Å². The van der Waals surface area contributed by atoms with E-state index in [1.54, 1.807) is 35.2 Å². The van der Waals surface area contributed by atoms with Gasteiger partial charge in [-0.25, -0.2) is 4.79 Å². The third-order valence-electron chi connectivity index (χ3n) is 4.40. The van der Waals surface area contributed by atoms with Crippen LogP contribution in [0.2, 0.25) is 0 Å². The molecule has 0 atom stereocenters. The lowest BCUT2D eigenvalue weighted by Gasteiger charge is -2.23. The van der Waals surface area contributed by atoms with Crippen LogP contribution in [0.4, 0.5) is 5.69 Å². The number of carbonyl (C=O) groups is 3. The molecule has 1 aromatic carbocycles. The van der Waals surface area contributed by atoms with E-state index >= 15 is 0 Å². The molecule has 0 bridgehead atoms. The Morgan fingerprint density at radius 1 is 0.968 bits per heavy atom. The first kappa shape index (κ1) is 24.1. The summed E-state index contributed by atoms with van der Waals surface area (Å²) < 4.78 is 10.3. The highest BCUT2D eigenvalue weighted by atomic mass is 16.7. The van der Waals surface area contributed by atoms with Crippen molar-refractivity contribution < 1.29 is 28.7 Å². The Bertz CT molecular complexity index is 807. The number of anilines is 1. The van der Waals surface area contributed by atoms with Crippen LogP contribution >= 0.6 is 0 Å². The molecule has 2 rings (SSSR count). The molecule has 8 nitrogen and oxygen atoms in total. The average molecular weight is 431 g/mol. The molecule has 1 aliphatic heterocycles. The second-order valence-electron chi connectivity index (χ2n) is 7.11. The topological polar surface area (TPSA) is 94.5 Å². The summed E-state index contributed by atoms with van der Waals surface area (Å²) in [6.45, 7) is 6.36. The number of rotatable bonds is 12. The maximum absolute atomic E-state index is 12.1. The standard InChI is InChI=1S/C23H30N2O6/c1-4-7-20-19(23(28)31-24-20)14-17-8-10-18(11-9-17)25(15-21(26)29-12-5-2)16-22(27)30-13-6-3/h8-11,14H,4-7,12-13,15-16H2,1-3H3/b19-14-. The number of oxime groups is 1. The number of hydrogen-bond donors (Lipinski definition) is 0. The molecule has 8 heteroatoms. The molecule has 168 valence electrons. The third kappa shape index (κ3) is 7.55. The van der Waals surface area contributed by atoms with Crippen LogP contribution in [-0.2, 0) is 28.7 Å². The van der Waals surface area contributed by atoms with Gasteiger partial charge in [0.1, 0.15) is 13.1 Å². The molecule has 0 radical (unpaired) electrons. The summed E-state index contributed by atoms with van der Waals surface area (Å²) in [5.74, 6) is -1.29. The van der Waals surface area contributed by atoms with Crippen LogP contribution in [0, 0.1) is 0 Å². The highest BCUT2D eigenvalue weighted by Gasteiger charge is 2.24. The lowest BCUT2D eigenvalue weighted by molar-refractivity contribution is -0.143. The minimum atomic E-state index is -0.466. The summed E-state index contributed by atoms with van der Waals surface area (Å²) in [7, 11) is 0. The van der Waals surface area contributed by atoms with Crippen LogP contribution in [0.3, 0.4) is 0 Å². The van der Waals surface area contributed by atoms with Crippen molar-refractivity contribution >= 4 is 35.4 Å². The molecule has 0 amide bonds. The largest absolute Gasteiger partial charge is 0.464 e. The van der Waals surface area contributed by atoms with E-state index in [1.807, 2.05) is 20.8 Å². The summed E-state index contributed by atoms with van der Waals surface area (Å²) in [6, 6.07) is 7.17. The van der Waals surface area contributed by atoms with E-state index in [9.17, 15) is 14.4 Å². The first-order chi connectivity index (χ1) is 15.0. The second kappa shape index (κ2) is 12.5. The van der Waals surface area contributed by atoms with Crippen LogP contribution in [0.5, 0.6) is 0 Å². The van der Waals surface area contributed by atoms with Crippen molar-refractivity contribution in [2.45, 2.75) is 46.5 Å². The number of hydrogen-bond acceptors (Lipinski definition) is 8. The van der Waals surface area contributed by atoms with Gasteiger partial charge in [-0.15, -0.1) is 0 Å². The predicted octanol–water partition coefficient (Wildman–Crippen LogP) is 3.50. The van der Waals surface area contributed by atoms with Crippen molar-refractivity contribution in [3.05, 3.63) is 35.4 Å². The zero-order valence-corrected chi connectivity index (χ0v) is 18.4. The minimum Gasteiger partial charge on any atom is -0.464 e. The van der Waals surface area contributed by atoms with Crippen molar-refractivity contribution in [1.82, 2.24) is 0 Å². The summed E-state index contributed by atoms with van der Waals surface area (Å²) in [4.78, 5) is 42.6. The lowest BCUT2D eigenvalue weighted by Crippen LogP contribution is -2.36. The Labute approximate surface area is 182 Å². The Hall–Kier alpha value is -3.16. The maximum atomic E-state index is 12.1. The first-order valence-electron chi connectivity index (χ1n) is 10.6. The Balaban J connectivity index is 2.17. The summed E-state index contributed by atoms with van der Waals surface area (Å²) in [6.07, 6.45) is 4.67. The van der Waals surface area contributed by atoms with Crippen molar-refractivity contribution in [1.29, 1.82) is 0 Å². The van der Waals surface area contributed by atoms with Gasteiger partial charge in [0.2, 0.25) is 0 Å². The highest BCUT2D eigenvalue weighted by Crippen LogP contribution is 2.21. The number of carbonyl (C=O) groups excluding carboxylic acids is 3. The molecular weight excluding hydrogens is 400 g/mol. The van der Waals surface area contributed by atoms with Gasteiger partial charge in [-0.2, -0.15) is 0 Å². The maximum Gasteiger partial charge on any atom is 0.367 e. The van der Waals surface area contributed by atoms with E-state index in [0.717, 1.165) is 24.8 Å². The van der Waals surface area contributed by atoms with Crippen LogP contribution < -0.4 is 4.90 Å². The van der Waals surface area contributed by atoms with E-state index in [2.05, 4.69) is 5.16 Å². The van der Waals surface area contributed by atoms with Gasteiger partial charge in [-0.3, -0.25) is 9.59 Å². The van der Waals surface area contributed by atoms with Gasteiger partial charge in [0.25, 0.3) is 0 Å². The highest BCUT2D eigenvalue weighted by molar-refractivity contribution is 6.25. The normalized spacial score (nSPS) is 14.2. The SMILES string of the molecule is CCCOC(=O)CN(CC(=O)OCCC)c1ccc(/C=C2\C(=O)ON=C2CCC)cc1. The molecule has 0 spiro atoms. The number of benzene rings is 1. The van der Waals surface area contributed by atoms with Gasteiger partial charge >= 0.3 is 17.9 Å². The molecule has 0 unspecified atom stereocenters. The third-order valence-corrected chi connectivity index (χ3v) is 4.40. The Morgan fingerprint density at radius 2 is 1.55 bits per heavy atom. The summed E-state index contributed by atoms with van der Waals surface area (Å²) in [5, 5.41) is 3.83. The zero-order valence-electron chi connectivity index (χ0n) is 18.4. The van der Waals surface area contributed by atoms with Gasteiger partial charge < -0.3 is 19.2 Å². The smallest absolute Gasteiger partial charge is 0.367 e. The van der Waals surface area contributed by atoms with E-state index < -0.39 is 17.9 Å². The number of nitrogens with zero attached hydrogens (tertiary/aromatic N) is 2. The zero-order chi connectivity index (χ0) is 22.6. The van der Waals surface area contributed by atoms with E-state index in [1.165, 1.54) is 0 Å². The van der Waals surface area contributed by atoms with Crippen molar-refractivity contribution in [2.24, 2.45) is 5.16 Å². The predicted molar refractivity (Wildman–Crippen MR) is 118 cm³/mol. The molecule has 0 N–H and O–H groups in total. The van der Waals surface area contributed by atoms with Gasteiger partial charge in [0.05, 0.1) is 24.5 Å². The van der Waals surface area contributed by atoms with Crippen LogP contribution in [0.1, 0.15) is 52.0 Å². The molecule has 0 fully saturated rings. The van der Waals surface area contributed by atoms with Gasteiger partial charge in [-0.1, -0.05) is 44.5 Å². The molecular formula is C23H30N2O6. The minimum absolute atomic E-state index is 0.0682. The first-order valence-corrected chi connectivity index (χ1v) is 10.6. The van der Waals surface area contributed by atoms with E-state index in [0.29, 0.717) is 36.6 Å². The fourth-order valence-corrected chi connectivity index (χ4v) is 2.89. The Kier molecular flexibility index (Phi) is 9.74. The van der Waals surface area contributed by atoms with Crippen molar-refractivity contribution in [2.75, 3.05) is 31.2 Å². The van der Waals surface area contributed by atoms with Crippen LogP contribution in [0.25, 0.3) is 6.08 Å². The summed E-state index contributed by atoms with van der Waals surface area (Å²) in [5.41, 5.74) is 2.53. The molecule has 0 aliphatic carbocycles. The molecule has 1 aliphatic rings. The van der Waals surface area contributed by atoms with Crippen molar-refractivity contribution in [3.63, 3.8) is 0 Å². The molecule has 0 saturated heterocycles.